The van der Waals surface area contributed by atoms with Crippen molar-refractivity contribution in [3.05, 3.63) is 59.7 Å². The van der Waals surface area contributed by atoms with Gasteiger partial charge in [-0.15, -0.1) is 0 Å². The highest BCUT2D eigenvalue weighted by atomic mass is 32.1. The molecule has 0 aliphatic carbocycles. The minimum atomic E-state index is 0.483. The highest BCUT2D eigenvalue weighted by Crippen LogP contribution is 2.27. The van der Waals surface area contributed by atoms with Gasteiger partial charge in [0.1, 0.15) is 12.1 Å². The van der Waals surface area contributed by atoms with Gasteiger partial charge in [-0.2, -0.15) is 21.3 Å². The Morgan fingerprint density at radius 2 is 1.97 bits per heavy atom. The summed E-state index contributed by atoms with van der Waals surface area (Å²) < 4.78 is 1.98. The maximum atomic E-state index is 4.76. The van der Waals surface area contributed by atoms with Crippen molar-refractivity contribution in [2.24, 2.45) is 0 Å². The van der Waals surface area contributed by atoms with E-state index in [1.54, 1.807) is 23.9 Å². The number of thiophene rings is 1. The standard InChI is InChI=1S/C21H19N7S/c1-2-9-22-19-17-20(28(13-24-17)15-8-11-29-12-15)27-21(26-19)25-18-16-6-4-3-5-14(16)7-10-23-18/h3-8,10-13H,2,9H2,1H3,(H2,22,23,25,26,27). The molecule has 0 unspecified atom stereocenters. The molecule has 0 bridgehead atoms. The van der Waals surface area contributed by atoms with Crippen LogP contribution in [0.3, 0.4) is 0 Å². The van der Waals surface area contributed by atoms with E-state index in [9.17, 15) is 0 Å². The van der Waals surface area contributed by atoms with Crippen molar-refractivity contribution < 1.29 is 0 Å². The Hall–Kier alpha value is -3.52. The summed E-state index contributed by atoms with van der Waals surface area (Å²) in [4.78, 5) is 18.5. The normalized spacial score (nSPS) is 11.2. The van der Waals surface area contributed by atoms with Gasteiger partial charge in [0.15, 0.2) is 17.0 Å². The molecule has 5 rings (SSSR count). The fourth-order valence-corrected chi connectivity index (χ4v) is 3.86. The topological polar surface area (TPSA) is 80.6 Å². The van der Waals surface area contributed by atoms with Gasteiger partial charge in [-0.05, 0) is 29.3 Å². The van der Waals surface area contributed by atoms with Gasteiger partial charge in [0.05, 0.1) is 5.69 Å². The summed E-state index contributed by atoms with van der Waals surface area (Å²) in [7, 11) is 0. The maximum Gasteiger partial charge on any atom is 0.232 e. The molecule has 29 heavy (non-hydrogen) atoms. The number of rotatable bonds is 6. The lowest BCUT2D eigenvalue weighted by atomic mass is 10.1. The molecule has 0 radical (unpaired) electrons. The number of hydrogen-bond acceptors (Lipinski definition) is 7. The first-order chi connectivity index (χ1) is 14.3. The van der Waals surface area contributed by atoms with Crippen molar-refractivity contribution >= 4 is 50.9 Å². The molecule has 5 aromatic rings. The molecular formula is C21H19N7S. The third-order valence-electron chi connectivity index (χ3n) is 4.63. The molecule has 0 spiro atoms. The second kappa shape index (κ2) is 7.48. The van der Waals surface area contributed by atoms with Crippen LogP contribution in [-0.2, 0) is 0 Å². The fraction of sp³-hybridized carbons (Fsp3) is 0.143. The Labute approximate surface area is 171 Å². The molecule has 1 aromatic carbocycles. The van der Waals surface area contributed by atoms with Crippen molar-refractivity contribution in [2.75, 3.05) is 17.2 Å². The van der Waals surface area contributed by atoms with Crippen LogP contribution in [0.1, 0.15) is 13.3 Å². The van der Waals surface area contributed by atoms with E-state index in [1.165, 1.54) is 0 Å². The van der Waals surface area contributed by atoms with Crippen LogP contribution in [0.4, 0.5) is 17.6 Å². The summed E-state index contributed by atoms with van der Waals surface area (Å²) in [6.07, 6.45) is 4.57. The third kappa shape index (κ3) is 3.27. The van der Waals surface area contributed by atoms with E-state index in [2.05, 4.69) is 44.0 Å². The van der Waals surface area contributed by atoms with Crippen molar-refractivity contribution in [3.8, 4) is 5.69 Å². The van der Waals surface area contributed by atoms with E-state index in [0.29, 0.717) is 11.8 Å². The number of fused-ring (bicyclic) bond motifs is 2. The summed E-state index contributed by atoms with van der Waals surface area (Å²) >= 11 is 1.64. The van der Waals surface area contributed by atoms with Crippen molar-refractivity contribution in [1.29, 1.82) is 0 Å². The number of nitrogens with one attached hydrogen (secondary N) is 2. The molecular weight excluding hydrogens is 382 g/mol. The molecule has 4 heterocycles. The number of anilines is 3. The summed E-state index contributed by atoms with van der Waals surface area (Å²) in [5, 5.41) is 12.9. The molecule has 0 aliphatic heterocycles. The zero-order valence-electron chi connectivity index (χ0n) is 15.8. The zero-order chi connectivity index (χ0) is 19.6. The van der Waals surface area contributed by atoms with Gasteiger partial charge in [-0.3, -0.25) is 4.57 Å². The van der Waals surface area contributed by atoms with Gasteiger partial charge in [0, 0.05) is 23.5 Å². The van der Waals surface area contributed by atoms with E-state index >= 15 is 0 Å². The van der Waals surface area contributed by atoms with Crippen molar-refractivity contribution in [2.45, 2.75) is 13.3 Å². The second-order valence-corrected chi connectivity index (χ2v) is 7.38. The van der Waals surface area contributed by atoms with Crippen LogP contribution in [0.15, 0.2) is 59.7 Å². The van der Waals surface area contributed by atoms with Gasteiger partial charge in [-0.25, -0.2) is 9.97 Å². The summed E-state index contributed by atoms with van der Waals surface area (Å²) in [6.45, 7) is 2.93. The molecule has 2 N–H and O–H groups in total. The van der Waals surface area contributed by atoms with Crippen LogP contribution in [0.25, 0.3) is 27.6 Å². The van der Waals surface area contributed by atoms with Crippen LogP contribution in [0, 0.1) is 0 Å². The minimum Gasteiger partial charge on any atom is -0.368 e. The van der Waals surface area contributed by atoms with Crippen molar-refractivity contribution in [3.63, 3.8) is 0 Å². The number of hydrogen-bond donors (Lipinski definition) is 2. The van der Waals surface area contributed by atoms with E-state index < -0.39 is 0 Å². The van der Waals surface area contributed by atoms with E-state index in [4.69, 9.17) is 4.98 Å². The molecule has 0 atom stereocenters. The highest BCUT2D eigenvalue weighted by Gasteiger charge is 2.15. The Bertz CT molecular complexity index is 1270. The smallest absolute Gasteiger partial charge is 0.232 e. The van der Waals surface area contributed by atoms with Crippen LogP contribution in [-0.4, -0.2) is 31.0 Å². The lowest BCUT2D eigenvalue weighted by Gasteiger charge is -2.11. The van der Waals surface area contributed by atoms with Crippen LogP contribution in [0.2, 0.25) is 0 Å². The third-order valence-corrected chi connectivity index (χ3v) is 5.30. The fourth-order valence-electron chi connectivity index (χ4n) is 3.23. The largest absolute Gasteiger partial charge is 0.368 e. The van der Waals surface area contributed by atoms with Gasteiger partial charge < -0.3 is 10.6 Å². The van der Waals surface area contributed by atoms with Gasteiger partial charge >= 0.3 is 0 Å². The molecule has 4 aromatic heterocycles. The number of aromatic nitrogens is 5. The van der Waals surface area contributed by atoms with Crippen LogP contribution < -0.4 is 10.6 Å². The average Bonchev–Trinajstić information content (AvgIpc) is 3.42. The first kappa shape index (κ1) is 17.6. The molecule has 0 saturated heterocycles. The SMILES string of the molecule is CCCNc1nc(Nc2nccc3ccccc23)nc2c1ncn2-c1ccsc1. The Morgan fingerprint density at radius 3 is 2.83 bits per heavy atom. The highest BCUT2D eigenvalue weighted by molar-refractivity contribution is 7.08. The van der Waals surface area contributed by atoms with E-state index in [1.807, 2.05) is 40.3 Å². The first-order valence-corrected chi connectivity index (χ1v) is 10.4. The van der Waals surface area contributed by atoms with E-state index in [-0.39, 0.29) is 0 Å². The predicted octanol–water partition coefficient (Wildman–Crippen LogP) is 4.99. The molecule has 7 nitrogen and oxygen atoms in total. The lowest BCUT2D eigenvalue weighted by Crippen LogP contribution is -2.07. The van der Waals surface area contributed by atoms with Gasteiger partial charge in [-0.1, -0.05) is 31.2 Å². The molecule has 8 heteroatoms. The molecule has 144 valence electrons. The number of benzene rings is 1. The molecule has 0 fully saturated rings. The van der Waals surface area contributed by atoms with Gasteiger partial charge in [0.25, 0.3) is 0 Å². The molecule has 0 aliphatic rings. The monoisotopic (exact) mass is 401 g/mol. The molecule has 0 saturated carbocycles. The predicted molar refractivity (Wildman–Crippen MR) is 118 cm³/mol. The Kier molecular flexibility index (Phi) is 4.53. The number of nitrogens with zero attached hydrogens (tertiary/aromatic N) is 5. The number of imidazole rings is 1. The average molecular weight is 401 g/mol. The Morgan fingerprint density at radius 1 is 1.03 bits per heavy atom. The van der Waals surface area contributed by atoms with Gasteiger partial charge in [0.2, 0.25) is 5.95 Å². The quantitative estimate of drug-likeness (QED) is 0.417. The summed E-state index contributed by atoms with van der Waals surface area (Å²) in [5.74, 6) is 1.93. The Balaban J connectivity index is 1.63. The van der Waals surface area contributed by atoms with Crippen molar-refractivity contribution in [1.82, 2.24) is 24.5 Å². The van der Waals surface area contributed by atoms with Crippen LogP contribution >= 0.6 is 11.3 Å². The minimum absolute atomic E-state index is 0.483. The first-order valence-electron chi connectivity index (χ1n) is 9.46. The lowest BCUT2D eigenvalue weighted by molar-refractivity contribution is 0.968. The van der Waals surface area contributed by atoms with E-state index in [0.717, 1.165) is 46.4 Å². The second-order valence-electron chi connectivity index (χ2n) is 6.60. The zero-order valence-corrected chi connectivity index (χ0v) is 16.6. The van der Waals surface area contributed by atoms with Crippen LogP contribution in [0.5, 0.6) is 0 Å². The summed E-state index contributed by atoms with van der Waals surface area (Å²) in [6, 6.07) is 12.2. The maximum absolute atomic E-state index is 4.76. The number of pyridine rings is 1. The molecule has 0 amide bonds. The summed E-state index contributed by atoms with van der Waals surface area (Å²) in [5.41, 5.74) is 2.53.